The molecule has 0 aliphatic rings. The van der Waals surface area contributed by atoms with Crippen molar-refractivity contribution in [3.8, 4) is 0 Å². The average Bonchev–Trinajstić information content (AvgIpc) is 2.66. The molecule has 0 saturated carbocycles. The third kappa shape index (κ3) is 4.25. The van der Waals surface area contributed by atoms with E-state index < -0.39 is 0 Å². The molecule has 140 valence electrons. The predicted octanol–water partition coefficient (Wildman–Crippen LogP) is 3.26. The molecule has 0 spiro atoms. The van der Waals surface area contributed by atoms with Crippen molar-refractivity contribution in [2.75, 3.05) is 6.54 Å². The Morgan fingerprint density at radius 3 is 2.44 bits per heavy atom. The summed E-state index contributed by atoms with van der Waals surface area (Å²) in [5.41, 5.74) is 1.67. The largest absolute Gasteiger partial charge is 0.354 e. The number of nitrogens with zero attached hydrogens (tertiary/aromatic N) is 2. The highest BCUT2D eigenvalue weighted by atomic mass is 16.2. The van der Waals surface area contributed by atoms with E-state index in [1.807, 2.05) is 24.3 Å². The second-order valence-corrected chi connectivity index (χ2v) is 7.13. The first-order valence-corrected chi connectivity index (χ1v) is 9.25. The third-order valence-corrected chi connectivity index (χ3v) is 4.91. The van der Waals surface area contributed by atoms with E-state index in [0.717, 1.165) is 0 Å². The SMILES string of the molecule is Cc1nc2ccccc2c(=O)n1CC(=O)NCC(c1ccccc1)C(C)C. The Balaban J connectivity index is 1.74. The van der Waals surface area contributed by atoms with E-state index in [-0.39, 0.29) is 23.9 Å². The second kappa shape index (κ2) is 8.16. The number of carbonyl (C=O) groups excluding carboxylic acids is 1. The van der Waals surface area contributed by atoms with Gasteiger partial charge in [0.2, 0.25) is 5.91 Å². The maximum absolute atomic E-state index is 12.7. The highest BCUT2D eigenvalue weighted by Gasteiger charge is 2.17. The summed E-state index contributed by atoms with van der Waals surface area (Å²) in [6.07, 6.45) is 0. The number of aromatic nitrogens is 2. The lowest BCUT2D eigenvalue weighted by molar-refractivity contribution is -0.121. The fraction of sp³-hybridized carbons (Fsp3) is 0.318. The highest BCUT2D eigenvalue weighted by Crippen LogP contribution is 2.23. The van der Waals surface area contributed by atoms with Gasteiger partial charge in [-0.05, 0) is 30.5 Å². The second-order valence-electron chi connectivity index (χ2n) is 7.13. The van der Waals surface area contributed by atoms with Gasteiger partial charge >= 0.3 is 0 Å². The van der Waals surface area contributed by atoms with Gasteiger partial charge in [0.25, 0.3) is 5.56 Å². The Kier molecular flexibility index (Phi) is 5.69. The van der Waals surface area contributed by atoms with Crippen LogP contribution in [-0.4, -0.2) is 22.0 Å². The summed E-state index contributed by atoms with van der Waals surface area (Å²) in [5, 5.41) is 3.52. The summed E-state index contributed by atoms with van der Waals surface area (Å²) in [4.78, 5) is 29.7. The van der Waals surface area contributed by atoms with E-state index in [2.05, 4.69) is 36.3 Å². The summed E-state index contributed by atoms with van der Waals surface area (Å²) in [6.45, 7) is 6.55. The Labute approximate surface area is 159 Å². The lowest BCUT2D eigenvalue weighted by atomic mass is 9.88. The Hall–Kier alpha value is -2.95. The van der Waals surface area contributed by atoms with E-state index in [0.29, 0.717) is 29.2 Å². The molecule has 3 rings (SSSR count). The summed E-state index contributed by atoms with van der Waals surface area (Å²) in [7, 11) is 0. The van der Waals surface area contributed by atoms with Crippen molar-refractivity contribution in [1.29, 1.82) is 0 Å². The Morgan fingerprint density at radius 1 is 1.07 bits per heavy atom. The van der Waals surface area contributed by atoms with Crippen molar-refractivity contribution in [3.63, 3.8) is 0 Å². The van der Waals surface area contributed by atoms with Crippen LogP contribution in [0.3, 0.4) is 0 Å². The van der Waals surface area contributed by atoms with E-state index >= 15 is 0 Å². The first kappa shape index (κ1) is 18.8. The van der Waals surface area contributed by atoms with Crippen LogP contribution in [0, 0.1) is 12.8 Å². The molecule has 1 atom stereocenters. The lowest BCUT2D eigenvalue weighted by Crippen LogP contribution is -2.36. The van der Waals surface area contributed by atoms with E-state index in [1.165, 1.54) is 10.1 Å². The van der Waals surface area contributed by atoms with Crippen molar-refractivity contribution >= 4 is 16.8 Å². The van der Waals surface area contributed by atoms with Crippen LogP contribution in [0.15, 0.2) is 59.4 Å². The van der Waals surface area contributed by atoms with Crippen LogP contribution >= 0.6 is 0 Å². The minimum atomic E-state index is -0.184. The maximum Gasteiger partial charge on any atom is 0.261 e. The summed E-state index contributed by atoms with van der Waals surface area (Å²) in [5.74, 6) is 0.971. The number of fused-ring (bicyclic) bond motifs is 1. The van der Waals surface area contributed by atoms with Gasteiger partial charge in [-0.2, -0.15) is 0 Å². The van der Waals surface area contributed by atoms with Crippen LogP contribution in [0.1, 0.15) is 31.2 Å². The molecule has 1 amide bonds. The van der Waals surface area contributed by atoms with Crippen molar-refractivity contribution in [2.24, 2.45) is 5.92 Å². The van der Waals surface area contributed by atoms with Gasteiger partial charge in [0.1, 0.15) is 12.4 Å². The molecular formula is C22H25N3O2. The number of hydrogen-bond acceptors (Lipinski definition) is 3. The first-order valence-electron chi connectivity index (χ1n) is 9.25. The van der Waals surface area contributed by atoms with Crippen molar-refractivity contribution in [1.82, 2.24) is 14.9 Å². The molecule has 27 heavy (non-hydrogen) atoms. The Morgan fingerprint density at radius 2 is 1.74 bits per heavy atom. The summed E-state index contributed by atoms with van der Waals surface area (Å²) in [6, 6.07) is 17.4. The molecule has 1 N–H and O–H groups in total. The van der Waals surface area contributed by atoms with Crippen LogP contribution in [-0.2, 0) is 11.3 Å². The van der Waals surface area contributed by atoms with Crippen molar-refractivity contribution < 1.29 is 4.79 Å². The maximum atomic E-state index is 12.7. The summed E-state index contributed by atoms with van der Waals surface area (Å²) < 4.78 is 1.44. The topological polar surface area (TPSA) is 64.0 Å². The molecule has 0 saturated heterocycles. The van der Waals surface area contributed by atoms with Crippen LogP contribution < -0.4 is 10.9 Å². The van der Waals surface area contributed by atoms with Gasteiger partial charge in [0.05, 0.1) is 10.9 Å². The van der Waals surface area contributed by atoms with E-state index in [9.17, 15) is 9.59 Å². The quantitative estimate of drug-likeness (QED) is 0.731. The molecule has 3 aromatic rings. The molecular weight excluding hydrogens is 338 g/mol. The molecule has 1 heterocycles. The number of rotatable bonds is 6. The summed E-state index contributed by atoms with van der Waals surface area (Å²) >= 11 is 0. The number of amides is 1. The van der Waals surface area contributed by atoms with Crippen LogP contribution in [0.2, 0.25) is 0 Å². The molecule has 1 unspecified atom stereocenters. The standard InChI is InChI=1S/C22H25N3O2/c1-15(2)19(17-9-5-4-6-10-17)13-23-21(26)14-25-16(3)24-20-12-8-7-11-18(20)22(25)27/h4-12,15,19H,13-14H2,1-3H3,(H,23,26). The monoisotopic (exact) mass is 363 g/mol. The number of aryl methyl sites for hydroxylation is 1. The van der Waals surface area contributed by atoms with E-state index in [4.69, 9.17) is 0 Å². The Bertz CT molecular complexity index is 993. The molecule has 1 aromatic heterocycles. The van der Waals surface area contributed by atoms with Gasteiger partial charge in [-0.15, -0.1) is 0 Å². The zero-order valence-electron chi connectivity index (χ0n) is 16.0. The van der Waals surface area contributed by atoms with Gasteiger partial charge in [0, 0.05) is 12.5 Å². The van der Waals surface area contributed by atoms with Gasteiger partial charge in [-0.25, -0.2) is 4.98 Å². The van der Waals surface area contributed by atoms with Crippen molar-refractivity contribution in [3.05, 3.63) is 76.3 Å². The minimum Gasteiger partial charge on any atom is -0.354 e. The van der Waals surface area contributed by atoms with Gasteiger partial charge < -0.3 is 5.32 Å². The highest BCUT2D eigenvalue weighted by molar-refractivity contribution is 5.79. The average molecular weight is 363 g/mol. The minimum absolute atomic E-state index is 0.0257. The molecule has 5 nitrogen and oxygen atoms in total. The number of hydrogen-bond donors (Lipinski definition) is 1. The number of carbonyl (C=O) groups is 1. The van der Waals surface area contributed by atoms with Crippen LogP contribution in [0.5, 0.6) is 0 Å². The predicted molar refractivity (Wildman–Crippen MR) is 108 cm³/mol. The molecule has 0 fully saturated rings. The zero-order valence-corrected chi connectivity index (χ0v) is 16.0. The molecule has 2 aromatic carbocycles. The smallest absolute Gasteiger partial charge is 0.261 e. The molecule has 0 aliphatic heterocycles. The van der Waals surface area contributed by atoms with Gasteiger partial charge in [-0.3, -0.25) is 14.2 Å². The number of para-hydroxylation sites is 1. The fourth-order valence-electron chi connectivity index (χ4n) is 3.33. The van der Waals surface area contributed by atoms with E-state index in [1.54, 1.807) is 25.1 Å². The lowest BCUT2D eigenvalue weighted by Gasteiger charge is -2.22. The number of benzene rings is 2. The third-order valence-electron chi connectivity index (χ3n) is 4.91. The first-order chi connectivity index (χ1) is 13.0. The van der Waals surface area contributed by atoms with Crippen LogP contribution in [0.25, 0.3) is 10.9 Å². The normalized spacial score (nSPS) is 12.3. The van der Waals surface area contributed by atoms with Crippen LogP contribution in [0.4, 0.5) is 0 Å². The fourth-order valence-corrected chi connectivity index (χ4v) is 3.33. The molecule has 5 heteroatoms. The molecule has 0 radical (unpaired) electrons. The zero-order chi connectivity index (χ0) is 19.4. The van der Waals surface area contributed by atoms with Crippen molar-refractivity contribution in [2.45, 2.75) is 33.2 Å². The van der Waals surface area contributed by atoms with Gasteiger partial charge in [-0.1, -0.05) is 56.3 Å². The molecule has 0 bridgehead atoms. The number of nitrogens with one attached hydrogen (secondary N) is 1. The molecule has 0 aliphatic carbocycles. The van der Waals surface area contributed by atoms with Gasteiger partial charge in [0.15, 0.2) is 0 Å².